The molecule has 1 atom stereocenters. The third-order valence-corrected chi connectivity index (χ3v) is 3.52. The number of hydrogen-bond donors (Lipinski definition) is 0. The molecule has 0 spiro atoms. The third kappa shape index (κ3) is 2.86. The van der Waals surface area contributed by atoms with Crippen LogP contribution in [-0.4, -0.2) is 48.9 Å². The van der Waals surface area contributed by atoms with Gasteiger partial charge in [-0.15, -0.1) is 0 Å². The van der Waals surface area contributed by atoms with E-state index in [0.29, 0.717) is 6.04 Å². The van der Waals surface area contributed by atoms with Crippen LogP contribution in [0, 0.1) is 0 Å². The molecule has 0 bridgehead atoms. The maximum Gasteiger partial charge on any atom is 0.253 e. The lowest BCUT2D eigenvalue weighted by Crippen LogP contribution is -2.39. The van der Waals surface area contributed by atoms with Gasteiger partial charge in [0.1, 0.15) is 0 Å². The highest BCUT2D eigenvalue weighted by Gasteiger charge is 2.24. The van der Waals surface area contributed by atoms with Gasteiger partial charge in [-0.25, -0.2) is 0 Å². The SMILES string of the molecule is CN(C[C@@H]1CCCN1C)C(=O)c1ccccc1. The Kier molecular flexibility index (Phi) is 3.79. The zero-order valence-electron chi connectivity index (χ0n) is 10.6. The van der Waals surface area contributed by atoms with Gasteiger partial charge in [-0.1, -0.05) is 18.2 Å². The molecule has 0 radical (unpaired) electrons. The molecule has 1 aromatic carbocycles. The van der Waals surface area contributed by atoms with E-state index < -0.39 is 0 Å². The predicted octanol–water partition coefficient (Wildman–Crippen LogP) is 1.85. The van der Waals surface area contributed by atoms with E-state index >= 15 is 0 Å². The molecule has 1 heterocycles. The summed E-state index contributed by atoms with van der Waals surface area (Å²) < 4.78 is 0. The number of benzene rings is 1. The van der Waals surface area contributed by atoms with Crippen LogP contribution in [0.1, 0.15) is 23.2 Å². The van der Waals surface area contributed by atoms with E-state index in [-0.39, 0.29) is 5.91 Å². The van der Waals surface area contributed by atoms with Gasteiger partial charge in [0.25, 0.3) is 5.91 Å². The van der Waals surface area contributed by atoms with Crippen molar-refractivity contribution in [2.45, 2.75) is 18.9 Å². The van der Waals surface area contributed by atoms with Crippen LogP contribution in [0.25, 0.3) is 0 Å². The van der Waals surface area contributed by atoms with Crippen LogP contribution in [0.2, 0.25) is 0 Å². The Morgan fingerprint density at radius 3 is 2.71 bits per heavy atom. The minimum Gasteiger partial charge on any atom is -0.340 e. The second-order valence-electron chi connectivity index (χ2n) is 4.83. The van der Waals surface area contributed by atoms with Gasteiger partial charge in [0, 0.05) is 25.2 Å². The van der Waals surface area contributed by atoms with Crippen LogP contribution in [0.3, 0.4) is 0 Å². The van der Waals surface area contributed by atoms with E-state index in [4.69, 9.17) is 0 Å². The quantitative estimate of drug-likeness (QED) is 0.794. The smallest absolute Gasteiger partial charge is 0.253 e. The van der Waals surface area contributed by atoms with Crippen LogP contribution < -0.4 is 0 Å². The Balaban J connectivity index is 1.96. The molecule has 0 aliphatic carbocycles. The third-order valence-electron chi connectivity index (χ3n) is 3.52. The van der Waals surface area contributed by atoms with E-state index in [0.717, 1.165) is 18.7 Å². The van der Waals surface area contributed by atoms with Gasteiger partial charge < -0.3 is 9.80 Å². The lowest BCUT2D eigenvalue weighted by atomic mass is 10.1. The Bertz CT molecular complexity index is 377. The first-order valence-corrected chi connectivity index (χ1v) is 6.19. The molecule has 0 aromatic heterocycles. The summed E-state index contributed by atoms with van der Waals surface area (Å²) in [5, 5.41) is 0. The maximum atomic E-state index is 12.1. The van der Waals surface area contributed by atoms with E-state index in [1.165, 1.54) is 12.8 Å². The summed E-state index contributed by atoms with van der Waals surface area (Å²) in [6.45, 7) is 1.97. The molecule has 3 nitrogen and oxygen atoms in total. The highest BCUT2D eigenvalue weighted by molar-refractivity contribution is 5.94. The van der Waals surface area contributed by atoms with Crippen LogP contribution in [-0.2, 0) is 0 Å². The molecule has 0 unspecified atom stereocenters. The average Bonchev–Trinajstić information content (AvgIpc) is 2.75. The molecule has 0 N–H and O–H groups in total. The molecule has 1 saturated heterocycles. The van der Waals surface area contributed by atoms with Crippen LogP contribution in [0.15, 0.2) is 30.3 Å². The fraction of sp³-hybridized carbons (Fsp3) is 0.500. The molecular weight excluding hydrogens is 212 g/mol. The summed E-state index contributed by atoms with van der Waals surface area (Å²) >= 11 is 0. The van der Waals surface area contributed by atoms with Gasteiger partial charge in [0.2, 0.25) is 0 Å². The molecule has 1 amide bonds. The van der Waals surface area contributed by atoms with Crippen molar-refractivity contribution in [1.82, 2.24) is 9.80 Å². The molecule has 1 aliphatic rings. The van der Waals surface area contributed by atoms with Gasteiger partial charge >= 0.3 is 0 Å². The number of carbonyl (C=O) groups is 1. The average molecular weight is 232 g/mol. The number of hydrogen-bond acceptors (Lipinski definition) is 2. The Hall–Kier alpha value is -1.35. The van der Waals surface area contributed by atoms with Crippen LogP contribution >= 0.6 is 0 Å². The fourth-order valence-electron chi connectivity index (χ4n) is 2.41. The molecule has 2 rings (SSSR count). The van der Waals surface area contributed by atoms with Crippen molar-refractivity contribution in [2.24, 2.45) is 0 Å². The summed E-state index contributed by atoms with van der Waals surface area (Å²) in [5.74, 6) is 0.117. The number of rotatable bonds is 3. The fourth-order valence-corrected chi connectivity index (χ4v) is 2.41. The highest BCUT2D eigenvalue weighted by atomic mass is 16.2. The topological polar surface area (TPSA) is 23.6 Å². The molecular formula is C14H20N2O. The number of likely N-dealkylation sites (N-methyl/N-ethyl adjacent to an activating group) is 2. The summed E-state index contributed by atoms with van der Waals surface area (Å²) in [7, 11) is 4.03. The number of amides is 1. The summed E-state index contributed by atoms with van der Waals surface area (Å²) in [5.41, 5.74) is 0.774. The molecule has 1 aromatic rings. The van der Waals surface area contributed by atoms with Crippen molar-refractivity contribution >= 4 is 5.91 Å². The van der Waals surface area contributed by atoms with Gasteiger partial charge in [-0.2, -0.15) is 0 Å². The lowest BCUT2D eigenvalue weighted by molar-refractivity contribution is 0.0761. The van der Waals surface area contributed by atoms with Gasteiger partial charge in [0.05, 0.1) is 0 Å². The van der Waals surface area contributed by atoms with Crippen molar-refractivity contribution in [1.29, 1.82) is 0 Å². The normalized spacial score (nSPS) is 20.5. The first-order valence-electron chi connectivity index (χ1n) is 6.19. The minimum absolute atomic E-state index is 0.117. The van der Waals surface area contributed by atoms with Crippen LogP contribution in [0.4, 0.5) is 0 Å². The number of likely N-dealkylation sites (tertiary alicyclic amines) is 1. The zero-order valence-corrected chi connectivity index (χ0v) is 10.6. The number of carbonyl (C=O) groups excluding carboxylic acids is 1. The molecule has 1 aliphatic heterocycles. The molecule has 17 heavy (non-hydrogen) atoms. The molecule has 3 heteroatoms. The monoisotopic (exact) mass is 232 g/mol. The van der Waals surface area contributed by atoms with Crippen molar-refractivity contribution in [3.8, 4) is 0 Å². The Morgan fingerprint density at radius 1 is 1.41 bits per heavy atom. The number of nitrogens with zero attached hydrogens (tertiary/aromatic N) is 2. The summed E-state index contributed by atoms with van der Waals surface area (Å²) in [6, 6.07) is 10.0. The van der Waals surface area contributed by atoms with Crippen molar-refractivity contribution in [3.05, 3.63) is 35.9 Å². The van der Waals surface area contributed by atoms with Crippen molar-refractivity contribution in [2.75, 3.05) is 27.2 Å². The summed E-state index contributed by atoms with van der Waals surface area (Å²) in [4.78, 5) is 16.3. The van der Waals surface area contributed by atoms with Crippen LogP contribution in [0.5, 0.6) is 0 Å². The van der Waals surface area contributed by atoms with Gasteiger partial charge in [-0.3, -0.25) is 4.79 Å². The van der Waals surface area contributed by atoms with Crippen molar-refractivity contribution < 1.29 is 4.79 Å². The van der Waals surface area contributed by atoms with E-state index in [1.54, 1.807) is 0 Å². The van der Waals surface area contributed by atoms with Gasteiger partial charge in [-0.05, 0) is 38.6 Å². The predicted molar refractivity (Wildman–Crippen MR) is 69.1 cm³/mol. The van der Waals surface area contributed by atoms with E-state index in [2.05, 4.69) is 11.9 Å². The standard InChI is InChI=1S/C14H20N2O/c1-15-10-6-9-13(15)11-16(2)14(17)12-7-4-3-5-8-12/h3-5,7-8,13H,6,9-11H2,1-2H3/t13-/m0/s1. The maximum absolute atomic E-state index is 12.1. The Morgan fingerprint density at radius 2 is 2.12 bits per heavy atom. The molecule has 92 valence electrons. The largest absolute Gasteiger partial charge is 0.340 e. The van der Waals surface area contributed by atoms with E-state index in [1.807, 2.05) is 42.3 Å². The molecule has 1 fully saturated rings. The summed E-state index contributed by atoms with van der Waals surface area (Å²) in [6.07, 6.45) is 2.44. The highest BCUT2D eigenvalue weighted by Crippen LogP contribution is 2.16. The lowest BCUT2D eigenvalue weighted by Gasteiger charge is -2.25. The second-order valence-corrected chi connectivity index (χ2v) is 4.83. The van der Waals surface area contributed by atoms with E-state index in [9.17, 15) is 4.79 Å². The first kappa shape index (κ1) is 12.1. The second kappa shape index (κ2) is 5.32. The molecule has 0 saturated carbocycles. The van der Waals surface area contributed by atoms with Gasteiger partial charge in [0.15, 0.2) is 0 Å². The minimum atomic E-state index is 0.117. The zero-order chi connectivity index (χ0) is 12.3. The Labute approximate surface area is 103 Å². The van der Waals surface area contributed by atoms with Crippen molar-refractivity contribution in [3.63, 3.8) is 0 Å². The first-order chi connectivity index (χ1) is 8.18.